The Morgan fingerprint density at radius 2 is 1.74 bits per heavy atom. The molecule has 2 N–H and O–H groups in total. The number of carbonyl (C=O) groups is 2. The molecule has 9 heteroatoms. The Labute approximate surface area is 246 Å². The van der Waals surface area contributed by atoms with Gasteiger partial charge in [0.25, 0.3) is 0 Å². The summed E-state index contributed by atoms with van der Waals surface area (Å²) in [5, 5.41) is 4.33. The molecule has 42 heavy (non-hydrogen) atoms. The number of ether oxygens (including phenoxy) is 3. The van der Waals surface area contributed by atoms with E-state index in [0.29, 0.717) is 35.0 Å². The maximum absolute atomic E-state index is 14.2. The van der Waals surface area contributed by atoms with Crippen LogP contribution >= 0.6 is 0 Å². The first-order valence-corrected chi connectivity index (χ1v) is 14.5. The highest BCUT2D eigenvalue weighted by Gasteiger charge is 2.35. The predicted octanol–water partition coefficient (Wildman–Crippen LogP) is 5.94. The second kappa shape index (κ2) is 13.5. The normalized spacial score (nSPS) is 14.4. The summed E-state index contributed by atoms with van der Waals surface area (Å²) in [6.07, 6.45) is 9.38. The molecule has 1 unspecified atom stereocenters. The highest BCUT2D eigenvalue weighted by molar-refractivity contribution is 5.90. The minimum Gasteiger partial charge on any atom is -0.493 e. The number of nitrogens with one attached hydrogen (secondary N) is 2. The maximum atomic E-state index is 14.2. The molecule has 4 aromatic rings. The molecule has 9 nitrogen and oxygen atoms in total. The van der Waals surface area contributed by atoms with Crippen molar-refractivity contribution in [2.45, 2.75) is 63.6 Å². The zero-order valence-corrected chi connectivity index (χ0v) is 24.5. The molecular weight excluding hydrogens is 534 g/mol. The van der Waals surface area contributed by atoms with Gasteiger partial charge in [0, 0.05) is 29.6 Å². The summed E-state index contributed by atoms with van der Waals surface area (Å²) in [6, 6.07) is 14.2. The third-order valence-corrected chi connectivity index (χ3v) is 8.02. The molecule has 222 valence electrons. The van der Waals surface area contributed by atoms with Crippen LogP contribution in [0.4, 0.5) is 0 Å². The Kier molecular flexibility index (Phi) is 9.36. The number of aryl methyl sites for hydroxylation is 1. The molecule has 0 spiro atoms. The molecule has 0 bridgehead atoms. The summed E-state index contributed by atoms with van der Waals surface area (Å²) in [4.78, 5) is 33.2. The van der Waals surface area contributed by atoms with E-state index in [2.05, 4.69) is 10.3 Å². The van der Waals surface area contributed by atoms with E-state index in [-0.39, 0.29) is 30.8 Å². The van der Waals surface area contributed by atoms with Crippen LogP contribution in [-0.4, -0.2) is 49.1 Å². The standard InChI is InChI=1S/C33H39N3O6/c1-39-28-18-23(19-29(40-2)32(28)41-3)31(33(38)35-24-10-5-4-6-11-24)36(21-25-12-9-17-42-25)30(37)16-15-22-20-34-27-14-8-7-13-26(22)27/h7-9,12-14,17-20,24,31,34H,4-6,10-11,15-16,21H2,1-3H3,(H,35,38). The molecule has 2 heterocycles. The van der Waals surface area contributed by atoms with Gasteiger partial charge in [-0.2, -0.15) is 0 Å². The fourth-order valence-electron chi connectivity index (χ4n) is 5.88. The molecule has 0 saturated heterocycles. The predicted molar refractivity (Wildman–Crippen MR) is 160 cm³/mol. The Morgan fingerprint density at radius 1 is 1.00 bits per heavy atom. The molecule has 2 aromatic heterocycles. The minimum absolute atomic E-state index is 0.0579. The van der Waals surface area contributed by atoms with Crippen molar-refractivity contribution < 1.29 is 28.2 Å². The summed E-state index contributed by atoms with van der Waals surface area (Å²) in [5.74, 6) is 1.40. The van der Waals surface area contributed by atoms with Crippen LogP contribution in [0.15, 0.2) is 65.4 Å². The van der Waals surface area contributed by atoms with Crippen LogP contribution < -0.4 is 19.5 Å². The Hall–Kier alpha value is -4.40. The number of methoxy groups -OCH3 is 3. The first-order chi connectivity index (χ1) is 20.5. The number of rotatable bonds is 12. The summed E-state index contributed by atoms with van der Waals surface area (Å²) in [6.45, 7) is 0.124. The van der Waals surface area contributed by atoms with Crippen LogP contribution in [0.2, 0.25) is 0 Å². The number of furan rings is 1. The molecule has 1 aliphatic rings. The van der Waals surface area contributed by atoms with Gasteiger partial charge in [-0.3, -0.25) is 9.59 Å². The number of fused-ring (bicyclic) bond motifs is 1. The third kappa shape index (κ3) is 6.40. The van der Waals surface area contributed by atoms with Gasteiger partial charge in [-0.05, 0) is 60.7 Å². The topological polar surface area (TPSA) is 106 Å². The number of benzene rings is 2. The number of aromatic nitrogens is 1. The summed E-state index contributed by atoms with van der Waals surface area (Å²) < 4.78 is 22.4. The fourth-order valence-corrected chi connectivity index (χ4v) is 5.88. The van der Waals surface area contributed by atoms with Gasteiger partial charge in [0.05, 0.1) is 34.1 Å². The molecule has 0 radical (unpaired) electrons. The summed E-state index contributed by atoms with van der Waals surface area (Å²) >= 11 is 0. The van der Waals surface area contributed by atoms with Crippen LogP contribution in [0.25, 0.3) is 10.9 Å². The highest BCUT2D eigenvalue weighted by atomic mass is 16.5. The van der Waals surface area contributed by atoms with Crippen LogP contribution in [-0.2, 0) is 22.6 Å². The van der Waals surface area contributed by atoms with Crippen molar-refractivity contribution in [3.8, 4) is 17.2 Å². The van der Waals surface area contributed by atoms with Crippen LogP contribution in [0.3, 0.4) is 0 Å². The zero-order chi connectivity index (χ0) is 29.5. The number of para-hydroxylation sites is 1. The van der Waals surface area contributed by atoms with Gasteiger partial charge in [0.15, 0.2) is 11.5 Å². The van der Waals surface area contributed by atoms with Crippen LogP contribution in [0.1, 0.15) is 61.5 Å². The van der Waals surface area contributed by atoms with Gasteiger partial charge in [0.2, 0.25) is 17.6 Å². The number of nitrogens with zero attached hydrogens (tertiary/aromatic N) is 1. The molecule has 0 aliphatic heterocycles. The van der Waals surface area contributed by atoms with Gasteiger partial charge in [0.1, 0.15) is 11.8 Å². The van der Waals surface area contributed by atoms with E-state index >= 15 is 0 Å². The Bertz CT molecular complexity index is 1460. The van der Waals surface area contributed by atoms with Crippen molar-refractivity contribution in [2.75, 3.05) is 21.3 Å². The lowest BCUT2D eigenvalue weighted by atomic mass is 9.94. The van der Waals surface area contributed by atoms with Crippen molar-refractivity contribution in [1.29, 1.82) is 0 Å². The maximum Gasteiger partial charge on any atom is 0.247 e. The second-order valence-corrected chi connectivity index (χ2v) is 10.7. The molecule has 1 aliphatic carbocycles. The number of hydrogen-bond acceptors (Lipinski definition) is 6. The molecular formula is C33H39N3O6. The van der Waals surface area contributed by atoms with Crippen LogP contribution in [0, 0.1) is 0 Å². The minimum atomic E-state index is -0.957. The number of hydrogen-bond donors (Lipinski definition) is 2. The smallest absolute Gasteiger partial charge is 0.247 e. The fraction of sp³-hybridized carbons (Fsp3) is 0.394. The van der Waals surface area contributed by atoms with Gasteiger partial charge >= 0.3 is 0 Å². The SMILES string of the molecule is COc1cc(C(C(=O)NC2CCCCC2)N(Cc2ccco2)C(=O)CCc2c[nH]c3ccccc23)cc(OC)c1OC. The van der Waals surface area contributed by atoms with E-state index in [1.165, 1.54) is 27.8 Å². The van der Waals surface area contributed by atoms with Crippen molar-refractivity contribution in [1.82, 2.24) is 15.2 Å². The first kappa shape index (κ1) is 29.1. The molecule has 2 aromatic carbocycles. The van der Waals surface area contributed by atoms with Crippen LogP contribution in [0.5, 0.6) is 17.2 Å². The Morgan fingerprint density at radius 3 is 2.40 bits per heavy atom. The van der Waals surface area contributed by atoms with Crippen molar-refractivity contribution in [2.24, 2.45) is 0 Å². The summed E-state index contributed by atoms with van der Waals surface area (Å²) in [7, 11) is 4.60. The Balaban J connectivity index is 1.52. The number of aromatic amines is 1. The molecule has 2 amide bonds. The first-order valence-electron chi connectivity index (χ1n) is 14.5. The van der Waals surface area contributed by atoms with E-state index in [1.54, 1.807) is 29.4 Å². The molecule has 5 rings (SSSR count). The van der Waals surface area contributed by atoms with E-state index in [9.17, 15) is 9.59 Å². The molecule has 1 atom stereocenters. The second-order valence-electron chi connectivity index (χ2n) is 10.7. The zero-order valence-electron chi connectivity index (χ0n) is 24.5. The lowest BCUT2D eigenvalue weighted by molar-refractivity contribution is -0.142. The van der Waals surface area contributed by atoms with Crippen molar-refractivity contribution >= 4 is 22.7 Å². The van der Waals surface area contributed by atoms with E-state index < -0.39 is 6.04 Å². The van der Waals surface area contributed by atoms with E-state index in [1.807, 2.05) is 36.5 Å². The van der Waals surface area contributed by atoms with Crippen molar-refractivity contribution in [3.05, 3.63) is 77.9 Å². The van der Waals surface area contributed by atoms with Gasteiger partial charge in [-0.15, -0.1) is 0 Å². The summed E-state index contributed by atoms with van der Waals surface area (Å²) in [5.41, 5.74) is 2.63. The number of carbonyl (C=O) groups excluding carboxylic acids is 2. The third-order valence-electron chi connectivity index (χ3n) is 8.02. The van der Waals surface area contributed by atoms with E-state index in [0.717, 1.165) is 42.1 Å². The highest BCUT2D eigenvalue weighted by Crippen LogP contribution is 2.41. The monoisotopic (exact) mass is 573 g/mol. The van der Waals surface area contributed by atoms with Gasteiger partial charge in [-0.1, -0.05) is 37.5 Å². The number of amides is 2. The quantitative estimate of drug-likeness (QED) is 0.217. The molecule has 1 saturated carbocycles. The average Bonchev–Trinajstić information content (AvgIpc) is 3.69. The molecule has 1 fully saturated rings. The van der Waals surface area contributed by atoms with Crippen molar-refractivity contribution in [3.63, 3.8) is 0 Å². The van der Waals surface area contributed by atoms with E-state index in [4.69, 9.17) is 18.6 Å². The number of H-pyrrole nitrogens is 1. The average molecular weight is 574 g/mol. The lowest BCUT2D eigenvalue weighted by Crippen LogP contribution is -2.46. The largest absolute Gasteiger partial charge is 0.493 e. The van der Waals surface area contributed by atoms with Gasteiger partial charge < -0.3 is 33.8 Å². The lowest BCUT2D eigenvalue weighted by Gasteiger charge is -2.33. The van der Waals surface area contributed by atoms with Gasteiger partial charge in [-0.25, -0.2) is 0 Å².